The van der Waals surface area contributed by atoms with E-state index in [1.54, 1.807) is 0 Å². The minimum Gasteiger partial charge on any atom is -0.109 e. The van der Waals surface area contributed by atoms with Gasteiger partial charge in [0.05, 0.1) is 9.75 Å². The molecule has 0 aromatic heterocycles. The average molecular weight is 397 g/mol. The molecule has 140 valence electrons. The first-order chi connectivity index (χ1) is 12.6. The lowest BCUT2D eigenvalue weighted by atomic mass is 9.78. The number of hydrogen-bond acceptors (Lipinski definition) is 0. The highest BCUT2D eigenvalue weighted by molar-refractivity contribution is 6.31. The van der Waals surface area contributed by atoms with E-state index >= 15 is 0 Å². The van der Waals surface area contributed by atoms with Crippen molar-refractivity contribution in [1.82, 2.24) is 0 Å². The summed E-state index contributed by atoms with van der Waals surface area (Å²) < 4.78 is 0. The summed E-state index contributed by atoms with van der Waals surface area (Å²) in [6, 6.07) is 8.72. The molecule has 0 aliphatic heterocycles. The molecule has 2 aliphatic carbocycles. The topological polar surface area (TPSA) is 0 Å². The van der Waals surface area contributed by atoms with Gasteiger partial charge in [0.2, 0.25) is 0 Å². The molecule has 27 heavy (non-hydrogen) atoms. The number of hydrogen-bond donors (Lipinski definition) is 0. The zero-order valence-corrected chi connectivity index (χ0v) is 18.4. The maximum absolute atomic E-state index is 7.44. The van der Waals surface area contributed by atoms with Crippen molar-refractivity contribution in [1.29, 1.82) is 0 Å². The molecule has 2 aromatic rings. The number of halogens is 2. The van der Waals surface area contributed by atoms with E-state index in [0.29, 0.717) is 6.42 Å². The van der Waals surface area contributed by atoms with Crippen LogP contribution >= 0.6 is 23.2 Å². The highest BCUT2D eigenvalue weighted by Gasteiger charge is 2.50. The molecular weight excluding hydrogens is 371 g/mol. The number of benzene rings is 2. The fourth-order valence-corrected chi connectivity index (χ4v) is 6.02. The first-order valence-electron chi connectivity index (χ1n) is 9.56. The Morgan fingerprint density at radius 3 is 1.30 bits per heavy atom. The van der Waals surface area contributed by atoms with Crippen LogP contribution in [0.2, 0.25) is 0 Å². The maximum Gasteiger partial charge on any atom is 0.0936 e. The fourth-order valence-electron chi connectivity index (χ4n) is 4.94. The summed E-state index contributed by atoms with van der Waals surface area (Å²) in [5.74, 6) is 0. The third-order valence-corrected chi connectivity index (χ3v) is 7.84. The summed E-state index contributed by atoms with van der Waals surface area (Å²) in [5, 5.41) is 0. The van der Waals surface area contributed by atoms with Crippen LogP contribution in [-0.4, -0.2) is 0 Å². The molecule has 2 aromatic carbocycles. The summed E-state index contributed by atoms with van der Waals surface area (Å²) in [7, 11) is 0. The number of aryl methyl sites for hydroxylation is 4. The summed E-state index contributed by atoms with van der Waals surface area (Å²) >= 11 is 14.9. The Morgan fingerprint density at radius 2 is 0.926 bits per heavy atom. The third-order valence-electron chi connectivity index (χ3n) is 6.60. The van der Waals surface area contributed by atoms with E-state index in [4.69, 9.17) is 23.2 Å². The van der Waals surface area contributed by atoms with Crippen molar-refractivity contribution in [3.05, 3.63) is 79.9 Å². The van der Waals surface area contributed by atoms with Gasteiger partial charge in [-0.2, -0.15) is 0 Å². The van der Waals surface area contributed by atoms with Crippen LogP contribution in [0.4, 0.5) is 0 Å². The first kappa shape index (κ1) is 18.8. The lowest BCUT2D eigenvalue weighted by Gasteiger charge is -2.37. The van der Waals surface area contributed by atoms with Crippen LogP contribution in [0.3, 0.4) is 0 Å². The molecule has 0 N–H and O–H groups in total. The van der Waals surface area contributed by atoms with E-state index in [1.165, 1.54) is 55.7 Å². The zero-order chi connectivity index (χ0) is 19.7. The van der Waals surface area contributed by atoms with Crippen molar-refractivity contribution in [2.75, 3.05) is 0 Å². The van der Waals surface area contributed by atoms with E-state index < -0.39 is 9.75 Å². The largest absolute Gasteiger partial charge is 0.109 e. The van der Waals surface area contributed by atoms with Crippen LogP contribution in [0.1, 0.15) is 64.8 Å². The van der Waals surface area contributed by atoms with Gasteiger partial charge in [0, 0.05) is 6.42 Å². The summed E-state index contributed by atoms with van der Waals surface area (Å²) in [5.41, 5.74) is 12.4. The Bertz CT molecular complexity index is 957. The van der Waals surface area contributed by atoms with Crippen molar-refractivity contribution in [2.24, 2.45) is 0 Å². The molecule has 0 bridgehead atoms. The number of alkyl halides is 2. The molecule has 2 heteroatoms. The van der Waals surface area contributed by atoms with Gasteiger partial charge < -0.3 is 0 Å². The quantitative estimate of drug-likeness (QED) is 0.455. The molecule has 0 radical (unpaired) electrons. The van der Waals surface area contributed by atoms with Gasteiger partial charge in [-0.3, -0.25) is 0 Å². The van der Waals surface area contributed by atoms with Crippen LogP contribution in [-0.2, 0) is 9.75 Å². The molecule has 2 aliphatic rings. The van der Waals surface area contributed by atoms with Gasteiger partial charge in [-0.1, -0.05) is 36.4 Å². The van der Waals surface area contributed by atoms with Gasteiger partial charge in [-0.05, 0) is 97.2 Å². The van der Waals surface area contributed by atoms with Crippen molar-refractivity contribution >= 4 is 35.4 Å². The van der Waals surface area contributed by atoms with Crippen LogP contribution in [0.15, 0.2) is 35.4 Å². The van der Waals surface area contributed by atoms with E-state index in [2.05, 4.69) is 78.0 Å². The van der Waals surface area contributed by atoms with Gasteiger partial charge in [0.1, 0.15) is 0 Å². The van der Waals surface area contributed by atoms with Crippen molar-refractivity contribution < 1.29 is 0 Å². The second kappa shape index (κ2) is 6.00. The Balaban J connectivity index is 1.91. The average Bonchev–Trinajstić information content (AvgIpc) is 3.01. The second-order valence-corrected chi connectivity index (χ2v) is 9.70. The number of allylic oxidation sites excluding steroid dienone is 2. The second-order valence-electron chi connectivity index (χ2n) is 8.41. The molecular formula is C25H26Cl2. The fraction of sp³-hybridized carbons (Fsp3) is 0.360. The SMILES string of the molecule is CC1=Cc2c(C)ccc(C)c2C1(Cl)CC1(Cl)C(C)=Cc2c(C)ccc(C)c21. The Labute approximate surface area is 172 Å². The lowest BCUT2D eigenvalue weighted by molar-refractivity contribution is 0.541. The molecule has 0 saturated heterocycles. The van der Waals surface area contributed by atoms with Crippen LogP contribution in [0.5, 0.6) is 0 Å². The normalized spacial score (nSPS) is 25.9. The zero-order valence-electron chi connectivity index (χ0n) is 16.9. The van der Waals surface area contributed by atoms with E-state index in [1.807, 2.05) is 0 Å². The molecule has 2 atom stereocenters. The Kier molecular flexibility index (Phi) is 4.19. The monoisotopic (exact) mass is 396 g/mol. The molecule has 0 fully saturated rings. The Morgan fingerprint density at radius 1 is 0.593 bits per heavy atom. The van der Waals surface area contributed by atoms with Crippen molar-refractivity contribution in [2.45, 2.75) is 57.7 Å². The summed E-state index contributed by atoms with van der Waals surface area (Å²) in [6.45, 7) is 12.9. The van der Waals surface area contributed by atoms with E-state index in [0.717, 1.165) is 0 Å². The first-order valence-corrected chi connectivity index (χ1v) is 10.3. The van der Waals surface area contributed by atoms with Crippen molar-refractivity contribution in [3.63, 3.8) is 0 Å². The third kappa shape index (κ3) is 2.50. The van der Waals surface area contributed by atoms with E-state index in [9.17, 15) is 0 Å². The summed E-state index contributed by atoms with van der Waals surface area (Å²) in [4.78, 5) is -1.17. The van der Waals surface area contributed by atoms with Gasteiger partial charge in [0.15, 0.2) is 0 Å². The standard InChI is InChI=1S/C25H26Cl2/c1-14-7-9-16(3)22-20(14)11-18(5)24(22,26)13-25(27)19(6)12-21-15(2)8-10-17(4)23(21)25/h7-12H,13H2,1-6H3. The van der Waals surface area contributed by atoms with Crippen LogP contribution in [0, 0.1) is 27.7 Å². The minimum atomic E-state index is -0.583. The number of fused-ring (bicyclic) bond motifs is 2. The molecule has 4 rings (SSSR count). The lowest BCUT2D eigenvalue weighted by Crippen LogP contribution is -2.31. The van der Waals surface area contributed by atoms with Crippen LogP contribution in [0.25, 0.3) is 12.2 Å². The maximum atomic E-state index is 7.44. The Hall–Kier alpha value is -1.50. The van der Waals surface area contributed by atoms with Gasteiger partial charge in [-0.15, -0.1) is 23.2 Å². The molecule has 2 unspecified atom stereocenters. The van der Waals surface area contributed by atoms with Crippen molar-refractivity contribution in [3.8, 4) is 0 Å². The predicted molar refractivity (Wildman–Crippen MR) is 119 cm³/mol. The van der Waals surface area contributed by atoms with Gasteiger partial charge in [0.25, 0.3) is 0 Å². The molecule has 0 saturated carbocycles. The van der Waals surface area contributed by atoms with Gasteiger partial charge >= 0.3 is 0 Å². The van der Waals surface area contributed by atoms with Crippen LogP contribution < -0.4 is 0 Å². The highest BCUT2D eigenvalue weighted by Crippen LogP contribution is 2.59. The molecule has 0 heterocycles. The summed E-state index contributed by atoms with van der Waals surface area (Å²) in [6.07, 6.45) is 5.16. The molecule has 0 nitrogen and oxygen atoms in total. The predicted octanol–water partition coefficient (Wildman–Crippen LogP) is 7.71. The minimum absolute atomic E-state index is 0.583. The number of rotatable bonds is 2. The van der Waals surface area contributed by atoms with E-state index in [-0.39, 0.29) is 0 Å². The van der Waals surface area contributed by atoms with Gasteiger partial charge in [-0.25, -0.2) is 0 Å². The smallest absolute Gasteiger partial charge is 0.0936 e. The molecule has 0 amide bonds. The molecule has 0 spiro atoms. The highest BCUT2D eigenvalue weighted by atomic mass is 35.5.